The summed E-state index contributed by atoms with van der Waals surface area (Å²) in [6.07, 6.45) is 0. The molecule has 3 rings (SSSR count). The maximum Gasteiger partial charge on any atom is 0.261 e. The molecule has 2 heterocycles. The molecule has 0 radical (unpaired) electrons. The lowest BCUT2D eigenvalue weighted by Gasteiger charge is -2.10. The van der Waals surface area contributed by atoms with Gasteiger partial charge < -0.3 is 22.1 Å². The minimum absolute atomic E-state index is 0.105. The van der Waals surface area contributed by atoms with Gasteiger partial charge in [0.25, 0.3) is 5.91 Å². The Morgan fingerprint density at radius 2 is 2.00 bits per heavy atom. The van der Waals surface area contributed by atoms with E-state index in [0.29, 0.717) is 28.5 Å². The summed E-state index contributed by atoms with van der Waals surface area (Å²) in [6.45, 7) is 5.00. The first-order valence-corrected chi connectivity index (χ1v) is 9.65. The van der Waals surface area contributed by atoms with E-state index in [2.05, 4.69) is 20.6 Å². The predicted octanol–water partition coefficient (Wildman–Crippen LogP) is 1.57. The third-order valence-electron chi connectivity index (χ3n) is 4.16. The molecular formula is C19H22N6O2S. The van der Waals surface area contributed by atoms with E-state index in [1.54, 1.807) is 6.07 Å². The zero-order valence-electron chi connectivity index (χ0n) is 15.7. The maximum absolute atomic E-state index is 12.2. The number of aryl methyl sites for hydroxylation is 1. The van der Waals surface area contributed by atoms with Crippen LogP contribution in [-0.4, -0.2) is 34.9 Å². The van der Waals surface area contributed by atoms with Crippen LogP contribution in [0, 0.1) is 6.92 Å². The minimum atomic E-state index is -0.409. The van der Waals surface area contributed by atoms with Crippen molar-refractivity contribution >= 4 is 39.3 Å². The third-order valence-corrected chi connectivity index (χ3v) is 5.18. The predicted molar refractivity (Wildman–Crippen MR) is 111 cm³/mol. The smallest absolute Gasteiger partial charge is 0.261 e. The number of nitrogens with one attached hydrogen (secondary N) is 2. The van der Waals surface area contributed by atoms with Crippen LogP contribution in [0.4, 0.5) is 5.95 Å². The van der Waals surface area contributed by atoms with E-state index in [-0.39, 0.29) is 18.4 Å². The molecule has 0 aliphatic rings. The van der Waals surface area contributed by atoms with Crippen LogP contribution in [-0.2, 0) is 11.3 Å². The highest BCUT2D eigenvalue weighted by Crippen LogP contribution is 2.34. The molecule has 0 aliphatic carbocycles. The van der Waals surface area contributed by atoms with Crippen molar-refractivity contribution in [3.8, 4) is 11.3 Å². The highest BCUT2D eigenvalue weighted by atomic mass is 32.1. The van der Waals surface area contributed by atoms with E-state index in [0.717, 1.165) is 22.1 Å². The SMILES string of the molecule is CCNC(=O)c1cc2c(-c3cc(CNCC(N)=O)ccc3C)nc(N)nc2s1. The van der Waals surface area contributed by atoms with Gasteiger partial charge >= 0.3 is 0 Å². The van der Waals surface area contributed by atoms with Gasteiger partial charge in [0.15, 0.2) is 0 Å². The Balaban J connectivity index is 2.04. The Morgan fingerprint density at radius 3 is 2.71 bits per heavy atom. The first kappa shape index (κ1) is 19.7. The summed E-state index contributed by atoms with van der Waals surface area (Å²) in [5.74, 6) is -0.395. The molecule has 0 unspecified atom stereocenters. The average molecular weight is 398 g/mol. The lowest BCUT2D eigenvalue weighted by Crippen LogP contribution is -2.28. The fourth-order valence-corrected chi connectivity index (χ4v) is 3.82. The van der Waals surface area contributed by atoms with Gasteiger partial charge in [-0.3, -0.25) is 9.59 Å². The number of hydrogen-bond acceptors (Lipinski definition) is 7. The molecule has 0 atom stereocenters. The number of amides is 2. The Labute approximate surface area is 166 Å². The molecule has 28 heavy (non-hydrogen) atoms. The molecule has 9 heteroatoms. The molecule has 2 amide bonds. The van der Waals surface area contributed by atoms with Gasteiger partial charge in [-0.15, -0.1) is 11.3 Å². The average Bonchev–Trinajstić information content (AvgIpc) is 3.06. The summed E-state index contributed by atoms with van der Waals surface area (Å²) in [5, 5.41) is 6.58. The second-order valence-corrected chi connectivity index (χ2v) is 7.37. The Kier molecular flexibility index (Phi) is 5.86. The lowest BCUT2D eigenvalue weighted by atomic mass is 10.00. The van der Waals surface area contributed by atoms with Crippen molar-refractivity contribution in [2.75, 3.05) is 18.8 Å². The first-order chi connectivity index (χ1) is 13.4. The Morgan fingerprint density at radius 1 is 1.21 bits per heavy atom. The van der Waals surface area contributed by atoms with E-state index in [1.165, 1.54) is 11.3 Å². The van der Waals surface area contributed by atoms with Gasteiger partial charge in [0, 0.05) is 24.0 Å². The zero-order chi connectivity index (χ0) is 20.3. The fourth-order valence-electron chi connectivity index (χ4n) is 2.87. The third kappa shape index (κ3) is 4.26. The van der Waals surface area contributed by atoms with Gasteiger partial charge in [0.2, 0.25) is 11.9 Å². The number of nitrogens with zero attached hydrogens (tertiary/aromatic N) is 2. The lowest BCUT2D eigenvalue weighted by molar-refractivity contribution is -0.117. The number of fused-ring (bicyclic) bond motifs is 1. The number of rotatable bonds is 7. The molecule has 146 valence electrons. The van der Waals surface area contributed by atoms with Crippen molar-refractivity contribution in [1.82, 2.24) is 20.6 Å². The summed E-state index contributed by atoms with van der Waals surface area (Å²) < 4.78 is 0. The molecule has 6 N–H and O–H groups in total. The van der Waals surface area contributed by atoms with E-state index < -0.39 is 5.91 Å². The molecular weight excluding hydrogens is 376 g/mol. The number of thiophene rings is 1. The van der Waals surface area contributed by atoms with Gasteiger partial charge in [0.05, 0.1) is 17.1 Å². The van der Waals surface area contributed by atoms with E-state index in [9.17, 15) is 9.59 Å². The van der Waals surface area contributed by atoms with Crippen LogP contribution >= 0.6 is 11.3 Å². The first-order valence-electron chi connectivity index (χ1n) is 8.83. The molecule has 8 nitrogen and oxygen atoms in total. The van der Waals surface area contributed by atoms with Crippen molar-refractivity contribution in [1.29, 1.82) is 0 Å². The summed E-state index contributed by atoms with van der Waals surface area (Å²) in [6, 6.07) is 7.76. The van der Waals surface area contributed by atoms with Crippen molar-refractivity contribution in [3.05, 3.63) is 40.3 Å². The maximum atomic E-state index is 12.2. The number of carbonyl (C=O) groups is 2. The monoisotopic (exact) mass is 398 g/mol. The fraction of sp³-hybridized carbons (Fsp3) is 0.263. The number of primary amides is 1. The quantitative estimate of drug-likeness (QED) is 0.477. The van der Waals surface area contributed by atoms with Crippen LogP contribution in [0.25, 0.3) is 21.5 Å². The highest BCUT2D eigenvalue weighted by molar-refractivity contribution is 7.20. The molecule has 0 saturated carbocycles. The van der Waals surface area contributed by atoms with Crippen molar-refractivity contribution in [2.45, 2.75) is 20.4 Å². The summed E-state index contributed by atoms with van der Waals surface area (Å²) in [5.41, 5.74) is 14.7. The highest BCUT2D eigenvalue weighted by Gasteiger charge is 2.17. The van der Waals surface area contributed by atoms with Gasteiger partial charge in [-0.05, 0) is 37.1 Å². The minimum Gasteiger partial charge on any atom is -0.369 e. The number of anilines is 1. The van der Waals surface area contributed by atoms with Gasteiger partial charge in [-0.2, -0.15) is 0 Å². The Bertz CT molecular complexity index is 1050. The van der Waals surface area contributed by atoms with Crippen LogP contribution < -0.4 is 22.1 Å². The molecule has 0 aliphatic heterocycles. The largest absolute Gasteiger partial charge is 0.369 e. The number of hydrogen-bond donors (Lipinski definition) is 4. The van der Waals surface area contributed by atoms with Crippen molar-refractivity contribution in [3.63, 3.8) is 0 Å². The molecule has 0 bridgehead atoms. The molecule has 2 aromatic heterocycles. The standard InChI is InChI=1S/C19H22N6O2S/c1-3-23-17(27)14-7-13-16(24-19(21)25-18(13)28-14)12-6-11(5-4-10(12)2)8-22-9-15(20)26/h4-7,22H,3,8-9H2,1-2H3,(H2,20,26)(H,23,27)(H2,21,24,25). The second kappa shape index (κ2) is 8.32. The Hall–Kier alpha value is -3.04. The number of aromatic nitrogens is 2. The summed E-state index contributed by atoms with van der Waals surface area (Å²) >= 11 is 1.29. The van der Waals surface area contributed by atoms with E-state index in [1.807, 2.05) is 32.0 Å². The second-order valence-electron chi connectivity index (χ2n) is 6.34. The molecule has 0 saturated heterocycles. The van der Waals surface area contributed by atoms with E-state index in [4.69, 9.17) is 11.5 Å². The van der Waals surface area contributed by atoms with Crippen LogP contribution in [0.1, 0.15) is 27.7 Å². The molecule has 0 spiro atoms. The molecule has 1 aromatic carbocycles. The normalized spacial score (nSPS) is 10.9. The molecule has 0 fully saturated rings. The van der Waals surface area contributed by atoms with E-state index >= 15 is 0 Å². The molecule has 3 aromatic rings. The number of nitrogens with two attached hydrogens (primary N) is 2. The van der Waals surface area contributed by atoms with Crippen LogP contribution in [0.5, 0.6) is 0 Å². The zero-order valence-corrected chi connectivity index (χ0v) is 16.5. The topological polar surface area (TPSA) is 136 Å². The number of carbonyl (C=O) groups excluding carboxylic acids is 2. The van der Waals surface area contributed by atoms with Gasteiger partial charge in [-0.1, -0.05) is 12.1 Å². The van der Waals surface area contributed by atoms with Crippen LogP contribution in [0.15, 0.2) is 24.3 Å². The van der Waals surface area contributed by atoms with Gasteiger partial charge in [-0.25, -0.2) is 9.97 Å². The van der Waals surface area contributed by atoms with Crippen molar-refractivity contribution in [2.24, 2.45) is 5.73 Å². The number of benzene rings is 1. The summed E-state index contributed by atoms with van der Waals surface area (Å²) in [7, 11) is 0. The van der Waals surface area contributed by atoms with Crippen LogP contribution in [0.3, 0.4) is 0 Å². The van der Waals surface area contributed by atoms with Crippen molar-refractivity contribution < 1.29 is 9.59 Å². The number of nitrogen functional groups attached to an aromatic ring is 1. The summed E-state index contributed by atoms with van der Waals surface area (Å²) in [4.78, 5) is 33.1. The van der Waals surface area contributed by atoms with Crippen LogP contribution in [0.2, 0.25) is 0 Å². The van der Waals surface area contributed by atoms with Gasteiger partial charge in [0.1, 0.15) is 4.83 Å².